The van der Waals surface area contributed by atoms with E-state index in [1.165, 1.54) is 66.5 Å². The van der Waals surface area contributed by atoms with Gasteiger partial charge in [-0.1, -0.05) is 46.2 Å². The van der Waals surface area contributed by atoms with Crippen LogP contribution in [-0.4, -0.2) is 0 Å². The second-order valence-electron chi connectivity index (χ2n) is 8.22. The summed E-state index contributed by atoms with van der Waals surface area (Å²) in [6, 6.07) is 9.71. The molecular weight excluding hydrogens is 314 g/mol. The average Bonchev–Trinajstić information content (AvgIpc) is 2.64. The van der Waals surface area contributed by atoms with E-state index in [0.717, 1.165) is 0 Å². The van der Waals surface area contributed by atoms with Crippen LogP contribution in [0.25, 0.3) is 11.3 Å². The molecule has 0 saturated heterocycles. The summed E-state index contributed by atoms with van der Waals surface area (Å²) in [5, 5.41) is 0. The highest BCUT2D eigenvalue weighted by Crippen LogP contribution is 2.47. The SMILES string of the molecule is CCCCc1ccc2c(c1)-c1c(C)cc(C)c[n+]1C(CC)(CC)C2CC. The topological polar surface area (TPSA) is 3.88 Å². The number of pyridine rings is 1. The molecule has 1 heteroatoms. The van der Waals surface area contributed by atoms with Crippen LogP contribution < -0.4 is 4.57 Å². The first-order chi connectivity index (χ1) is 12.5. The molecule has 0 aliphatic carbocycles. The van der Waals surface area contributed by atoms with Gasteiger partial charge in [0.25, 0.3) is 0 Å². The maximum absolute atomic E-state index is 2.66. The molecule has 1 unspecified atom stereocenters. The molecule has 0 amide bonds. The Kier molecular flexibility index (Phi) is 5.55. The van der Waals surface area contributed by atoms with Crippen LogP contribution in [0.1, 0.15) is 88.0 Å². The molecule has 0 bridgehead atoms. The second kappa shape index (κ2) is 7.55. The quantitative estimate of drug-likeness (QED) is 0.515. The first kappa shape index (κ1) is 19.1. The number of unbranched alkanes of at least 4 members (excludes halogenated alkanes) is 1. The van der Waals surface area contributed by atoms with Crippen molar-refractivity contribution in [2.24, 2.45) is 0 Å². The van der Waals surface area contributed by atoms with Gasteiger partial charge in [0.2, 0.25) is 5.69 Å². The van der Waals surface area contributed by atoms with E-state index in [2.05, 4.69) is 76.6 Å². The molecule has 2 heterocycles. The summed E-state index contributed by atoms with van der Waals surface area (Å²) in [5.41, 5.74) is 8.99. The van der Waals surface area contributed by atoms with Crippen LogP contribution >= 0.6 is 0 Å². The highest BCUT2D eigenvalue weighted by Gasteiger charge is 2.50. The molecule has 26 heavy (non-hydrogen) atoms. The number of rotatable bonds is 6. The lowest BCUT2D eigenvalue weighted by atomic mass is 9.68. The third-order valence-corrected chi connectivity index (χ3v) is 6.72. The first-order valence-electron chi connectivity index (χ1n) is 10.7. The molecule has 2 aromatic rings. The summed E-state index contributed by atoms with van der Waals surface area (Å²) in [4.78, 5) is 0. The fourth-order valence-corrected chi connectivity index (χ4v) is 5.39. The van der Waals surface area contributed by atoms with Gasteiger partial charge in [0.15, 0.2) is 11.7 Å². The van der Waals surface area contributed by atoms with Crippen LogP contribution in [0.4, 0.5) is 0 Å². The van der Waals surface area contributed by atoms with E-state index in [1.807, 2.05) is 0 Å². The lowest BCUT2D eigenvalue weighted by Gasteiger charge is -2.40. The Morgan fingerprint density at radius 3 is 2.35 bits per heavy atom. The highest BCUT2D eigenvalue weighted by atomic mass is 15.1. The van der Waals surface area contributed by atoms with Crippen LogP contribution in [0.15, 0.2) is 30.5 Å². The van der Waals surface area contributed by atoms with Gasteiger partial charge in [-0.3, -0.25) is 0 Å². The molecule has 0 fully saturated rings. The van der Waals surface area contributed by atoms with E-state index >= 15 is 0 Å². The predicted molar refractivity (Wildman–Crippen MR) is 112 cm³/mol. The molecule has 0 saturated carbocycles. The number of fused-ring (bicyclic) bond motifs is 3. The van der Waals surface area contributed by atoms with Crippen LogP contribution in [-0.2, 0) is 12.0 Å². The maximum atomic E-state index is 2.66. The fourth-order valence-electron chi connectivity index (χ4n) is 5.39. The minimum Gasteiger partial charge on any atom is -0.192 e. The molecule has 1 atom stereocenters. The van der Waals surface area contributed by atoms with Crippen molar-refractivity contribution < 1.29 is 4.57 Å². The highest BCUT2D eigenvalue weighted by molar-refractivity contribution is 5.68. The number of aromatic nitrogens is 1. The molecule has 1 aliphatic rings. The van der Waals surface area contributed by atoms with Crippen molar-refractivity contribution in [3.8, 4) is 11.3 Å². The van der Waals surface area contributed by atoms with E-state index < -0.39 is 0 Å². The van der Waals surface area contributed by atoms with Crippen LogP contribution in [0.3, 0.4) is 0 Å². The van der Waals surface area contributed by atoms with Crippen molar-refractivity contribution >= 4 is 0 Å². The molecule has 1 nitrogen and oxygen atoms in total. The second-order valence-corrected chi connectivity index (χ2v) is 8.22. The Morgan fingerprint density at radius 2 is 1.73 bits per heavy atom. The van der Waals surface area contributed by atoms with E-state index in [0.29, 0.717) is 5.92 Å². The van der Waals surface area contributed by atoms with E-state index in [-0.39, 0.29) is 5.54 Å². The minimum atomic E-state index is 0.193. The summed E-state index contributed by atoms with van der Waals surface area (Å²) in [6.07, 6.45) is 9.70. The number of hydrogen-bond donors (Lipinski definition) is 0. The molecule has 1 aliphatic heterocycles. The normalized spacial score (nSPS) is 17.7. The minimum absolute atomic E-state index is 0.193. The number of nitrogens with zero attached hydrogens (tertiary/aromatic N) is 1. The lowest BCUT2D eigenvalue weighted by Crippen LogP contribution is -2.62. The first-order valence-corrected chi connectivity index (χ1v) is 10.7. The summed E-state index contributed by atoms with van der Waals surface area (Å²) in [7, 11) is 0. The molecular formula is C25H36N+. The van der Waals surface area contributed by atoms with Crippen LogP contribution in [0.2, 0.25) is 0 Å². The van der Waals surface area contributed by atoms with Gasteiger partial charge < -0.3 is 0 Å². The molecule has 1 aromatic heterocycles. The van der Waals surface area contributed by atoms with E-state index in [1.54, 1.807) is 5.56 Å². The summed E-state index contributed by atoms with van der Waals surface area (Å²) < 4.78 is 2.66. The van der Waals surface area contributed by atoms with Crippen LogP contribution in [0, 0.1) is 13.8 Å². The third kappa shape index (κ3) is 2.90. The fraction of sp³-hybridized carbons (Fsp3) is 0.560. The zero-order valence-electron chi connectivity index (χ0n) is 17.7. The maximum Gasteiger partial charge on any atom is 0.216 e. The van der Waals surface area contributed by atoms with Gasteiger partial charge >= 0.3 is 0 Å². The summed E-state index contributed by atoms with van der Waals surface area (Å²) in [6.45, 7) is 13.9. The Hall–Kier alpha value is -1.63. The largest absolute Gasteiger partial charge is 0.216 e. The molecule has 0 N–H and O–H groups in total. The van der Waals surface area contributed by atoms with Crippen molar-refractivity contribution in [2.45, 2.75) is 91.5 Å². The van der Waals surface area contributed by atoms with Gasteiger partial charge in [0, 0.05) is 29.9 Å². The summed E-state index contributed by atoms with van der Waals surface area (Å²) >= 11 is 0. The van der Waals surface area contributed by atoms with Gasteiger partial charge in [-0.25, -0.2) is 0 Å². The zero-order valence-corrected chi connectivity index (χ0v) is 17.7. The van der Waals surface area contributed by atoms with Gasteiger partial charge in [-0.05, 0) is 56.4 Å². The van der Waals surface area contributed by atoms with Crippen LogP contribution in [0.5, 0.6) is 0 Å². The number of aryl methyl sites for hydroxylation is 3. The molecule has 0 radical (unpaired) electrons. The van der Waals surface area contributed by atoms with Gasteiger partial charge in [0.05, 0.1) is 5.56 Å². The Bertz CT molecular complexity index is 783. The van der Waals surface area contributed by atoms with Crippen molar-refractivity contribution in [1.82, 2.24) is 0 Å². The molecule has 1 aromatic carbocycles. The molecule has 140 valence electrons. The Balaban J connectivity index is 2.31. The monoisotopic (exact) mass is 350 g/mol. The lowest BCUT2D eigenvalue weighted by molar-refractivity contribution is -0.763. The third-order valence-electron chi connectivity index (χ3n) is 6.72. The average molecular weight is 351 g/mol. The smallest absolute Gasteiger partial charge is 0.192 e. The van der Waals surface area contributed by atoms with Gasteiger partial charge in [-0.15, -0.1) is 0 Å². The molecule has 3 rings (SSSR count). The van der Waals surface area contributed by atoms with Crippen molar-refractivity contribution in [3.05, 3.63) is 52.7 Å². The van der Waals surface area contributed by atoms with Crippen molar-refractivity contribution in [3.63, 3.8) is 0 Å². The van der Waals surface area contributed by atoms with Crippen molar-refractivity contribution in [2.75, 3.05) is 0 Å². The summed E-state index contributed by atoms with van der Waals surface area (Å²) in [5.74, 6) is 0.589. The standard InChI is InChI=1S/C25H36N/c1-7-11-12-20-13-14-21-22(16-20)24-19(6)15-18(5)17-26(24)25(9-3,10-4)23(21)8-2/h13-17,23H,7-12H2,1-6H3/q+1. The van der Waals surface area contributed by atoms with Gasteiger partial charge in [-0.2, -0.15) is 4.57 Å². The number of benzene rings is 1. The molecule has 0 spiro atoms. The van der Waals surface area contributed by atoms with E-state index in [9.17, 15) is 0 Å². The Morgan fingerprint density at radius 1 is 1.00 bits per heavy atom. The zero-order chi connectivity index (χ0) is 18.9. The van der Waals surface area contributed by atoms with Crippen molar-refractivity contribution in [1.29, 1.82) is 0 Å². The predicted octanol–water partition coefficient (Wildman–Crippen LogP) is 6.62. The van der Waals surface area contributed by atoms with Gasteiger partial charge in [0.1, 0.15) is 0 Å². The van der Waals surface area contributed by atoms with E-state index in [4.69, 9.17) is 0 Å². The number of hydrogen-bond acceptors (Lipinski definition) is 0. The Labute approximate surface area is 160 Å².